The summed E-state index contributed by atoms with van der Waals surface area (Å²) < 4.78 is 22.9. The average molecular weight is 277 g/mol. The number of rotatable bonds is 6. The van der Waals surface area contributed by atoms with Gasteiger partial charge in [-0.2, -0.15) is 0 Å². The number of carboxylic acid groups (broad SMARTS) is 1. The van der Waals surface area contributed by atoms with Gasteiger partial charge in [0.15, 0.2) is 9.84 Å². The minimum absolute atomic E-state index is 0.128. The number of sulfone groups is 1. The van der Waals surface area contributed by atoms with E-state index in [1.165, 1.54) is 0 Å². The summed E-state index contributed by atoms with van der Waals surface area (Å²) in [5, 5.41) is 9.34. The molecule has 1 atom stereocenters. The molecule has 0 aliphatic carbocycles. The molecule has 1 saturated heterocycles. The average Bonchev–Trinajstić information content (AvgIpc) is 2.36. The summed E-state index contributed by atoms with van der Waals surface area (Å²) in [6.07, 6.45) is 2.11. The van der Waals surface area contributed by atoms with Gasteiger partial charge >= 0.3 is 5.97 Å². The van der Waals surface area contributed by atoms with Crippen molar-refractivity contribution in [1.82, 2.24) is 4.90 Å². The summed E-state index contributed by atoms with van der Waals surface area (Å²) in [6.45, 7) is 5.25. The number of hydrogen-bond donors (Lipinski definition) is 1. The topological polar surface area (TPSA) is 74.7 Å². The highest BCUT2D eigenvalue weighted by Gasteiger charge is 2.40. The van der Waals surface area contributed by atoms with Crippen LogP contribution in [-0.4, -0.2) is 55.5 Å². The number of piperidine rings is 1. The maximum Gasteiger partial charge on any atom is 0.310 e. The van der Waals surface area contributed by atoms with Crippen molar-refractivity contribution in [2.24, 2.45) is 5.41 Å². The van der Waals surface area contributed by atoms with E-state index in [9.17, 15) is 18.3 Å². The monoisotopic (exact) mass is 277 g/mol. The molecular formula is C12H23NO4S. The second-order valence-corrected chi connectivity index (χ2v) is 7.53. The van der Waals surface area contributed by atoms with Crippen LogP contribution < -0.4 is 0 Å². The lowest BCUT2D eigenvalue weighted by atomic mass is 9.78. The second kappa shape index (κ2) is 6.02. The number of carbonyl (C=O) groups is 1. The summed E-state index contributed by atoms with van der Waals surface area (Å²) in [7, 11) is -2.97. The Kier molecular flexibility index (Phi) is 5.16. The van der Waals surface area contributed by atoms with Gasteiger partial charge in [0, 0.05) is 18.8 Å². The highest BCUT2D eigenvalue weighted by molar-refractivity contribution is 7.91. The van der Waals surface area contributed by atoms with Gasteiger partial charge in [0.25, 0.3) is 0 Å². The normalized spacial score (nSPS) is 26.1. The lowest BCUT2D eigenvalue weighted by molar-refractivity contribution is -0.152. The number of likely N-dealkylation sites (tertiary alicyclic amines) is 1. The Hall–Kier alpha value is -0.620. The molecule has 1 unspecified atom stereocenters. The smallest absolute Gasteiger partial charge is 0.310 e. The molecule has 1 N–H and O–H groups in total. The van der Waals surface area contributed by atoms with E-state index in [0.29, 0.717) is 25.9 Å². The van der Waals surface area contributed by atoms with Crippen LogP contribution in [0.3, 0.4) is 0 Å². The molecule has 0 bridgehead atoms. The van der Waals surface area contributed by atoms with Gasteiger partial charge in [0.05, 0.1) is 11.2 Å². The van der Waals surface area contributed by atoms with Crippen LogP contribution >= 0.6 is 0 Å². The zero-order chi connectivity index (χ0) is 13.8. The fourth-order valence-electron chi connectivity index (χ4n) is 2.44. The number of nitrogens with zero attached hydrogens (tertiary/aromatic N) is 1. The van der Waals surface area contributed by atoms with Gasteiger partial charge in [0.1, 0.15) is 0 Å². The first-order valence-electron chi connectivity index (χ1n) is 6.51. The number of aliphatic carboxylic acids is 1. The van der Waals surface area contributed by atoms with Crippen molar-refractivity contribution >= 4 is 15.8 Å². The molecule has 1 aliphatic rings. The number of hydrogen-bond acceptors (Lipinski definition) is 4. The van der Waals surface area contributed by atoms with Crippen molar-refractivity contribution in [3.05, 3.63) is 0 Å². The van der Waals surface area contributed by atoms with Gasteiger partial charge in [0.2, 0.25) is 0 Å². The zero-order valence-electron chi connectivity index (χ0n) is 11.2. The van der Waals surface area contributed by atoms with Crippen molar-refractivity contribution in [3.63, 3.8) is 0 Å². The molecule has 1 rings (SSSR count). The van der Waals surface area contributed by atoms with Crippen molar-refractivity contribution in [2.45, 2.75) is 33.1 Å². The lowest BCUT2D eigenvalue weighted by Gasteiger charge is -2.39. The quantitative estimate of drug-likeness (QED) is 0.784. The van der Waals surface area contributed by atoms with Gasteiger partial charge in [-0.15, -0.1) is 0 Å². The molecule has 0 aromatic heterocycles. The van der Waals surface area contributed by atoms with E-state index in [0.717, 1.165) is 13.0 Å². The van der Waals surface area contributed by atoms with Gasteiger partial charge in [-0.05, 0) is 25.8 Å². The molecule has 0 spiro atoms. The predicted molar refractivity (Wildman–Crippen MR) is 70.4 cm³/mol. The first kappa shape index (κ1) is 15.4. The minimum atomic E-state index is -2.97. The summed E-state index contributed by atoms with van der Waals surface area (Å²) >= 11 is 0. The minimum Gasteiger partial charge on any atom is -0.481 e. The fraction of sp³-hybridized carbons (Fsp3) is 0.917. The molecule has 1 heterocycles. The van der Waals surface area contributed by atoms with Crippen molar-refractivity contribution < 1.29 is 18.3 Å². The Morgan fingerprint density at radius 3 is 2.56 bits per heavy atom. The highest BCUT2D eigenvalue weighted by atomic mass is 32.2. The molecular weight excluding hydrogens is 254 g/mol. The van der Waals surface area contributed by atoms with Gasteiger partial charge in [-0.1, -0.05) is 13.8 Å². The third-order valence-electron chi connectivity index (χ3n) is 3.94. The Morgan fingerprint density at radius 1 is 1.39 bits per heavy atom. The Morgan fingerprint density at radius 2 is 2.06 bits per heavy atom. The molecule has 6 heteroatoms. The fourth-order valence-corrected chi connectivity index (χ4v) is 3.27. The maximum absolute atomic E-state index is 11.5. The molecule has 0 radical (unpaired) electrons. The van der Waals surface area contributed by atoms with E-state index in [-0.39, 0.29) is 11.5 Å². The summed E-state index contributed by atoms with van der Waals surface area (Å²) in [5.74, 6) is -0.477. The van der Waals surface area contributed by atoms with E-state index in [1.807, 2.05) is 11.8 Å². The second-order valence-electron chi connectivity index (χ2n) is 5.06. The summed E-state index contributed by atoms with van der Waals surface area (Å²) in [4.78, 5) is 13.3. The van der Waals surface area contributed by atoms with E-state index < -0.39 is 21.2 Å². The predicted octanol–water partition coefficient (Wildman–Crippen LogP) is 0.998. The van der Waals surface area contributed by atoms with Gasteiger partial charge in [-0.25, -0.2) is 8.42 Å². The van der Waals surface area contributed by atoms with Crippen molar-refractivity contribution in [2.75, 3.05) is 31.1 Å². The van der Waals surface area contributed by atoms with Crippen LogP contribution in [0.15, 0.2) is 0 Å². The molecule has 106 valence electrons. The highest BCUT2D eigenvalue weighted by Crippen LogP contribution is 2.33. The van der Waals surface area contributed by atoms with Crippen LogP contribution in [-0.2, 0) is 14.6 Å². The Labute approximate surface area is 109 Å². The Bertz CT molecular complexity index is 393. The molecule has 0 aromatic carbocycles. The first-order chi connectivity index (χ1) is 8.35. The summed E-state index contributed by atoms with van der Waals surface area (Å²) in [6, 6.07) is 0. The largest absolute Gasteiger partial charge is 0.481 e. The van der Waals surface area contributed by atoms with Gasteiger partial charge in [-0.3, -0.25) is 4.79 Å². The van der Waals surface area contributed by atoms with Crippen molar-refractivity contribution in [3.8, 4) is 0 Å². The standard InChI is InChI=1S/C12H23NO4S/c1-3-12(11(14)15)6-5-7-13(10-12)8-9-18(16,17)4-2/h3-10H2,1-2H3,(H,14,15). The molecule has 1 fully saturated rings. The number of carboxylic acids is 1. The van der Waals surface area contributed by atoms with Crippen LogP contribution in [0, 0.1) is 5.41 Å². The third kappa shape index (κ3) is 3.68. The molecule has 18 heavy (non-hydrogen) atoms. The van der Waals surface area contributed by atoms with Crippen LogP contribution in [0.25, 0.3) is 0 Å². The molecule has 0 amide bonds. The third-order valence-corrected chi connectivity index (χ3v) is 5.63. The van der Waals surface area contributed by atoms with E-state index in [2.05, 4.69) is 0 Å². The van der Waals surface area contributed by atoms with Crippen LogP contribution in [0.5, 0.6) is 0 Å². The molecule has 0 saturated carbocycles. The lowest BCUT2D eigenvalue weighted by Crippen LogP contribution is -2.48. The molecule has 1 aliphatic heterocycles. The van der Waals surface area contributed by atoms with Crippen LogP contribution in [0.2, 0.25) is 0 Å². The molecule has 5 nitrogen and oxygen atoms in total. The van der Waals surface area contributed by atoms with Crippen LogP contribution in [0.4, 0.5) is 0 Å². The SMILES string of the molecule is CCC1(C(=O)O)CCCN(CCS(=O)(=O)CC)C1. The zero-order valence-corrected chi connectivity index (χ0v) is 12.0. The van der Waals surface area contributed by atoms with E-state index >= 15 is 0 Å². The van der Waals surface area contributed by atoms with E-state index in [4.69, 9.17) is 0 Å². The molecule has 0 aromatic rings. The van der Waals surface area contributed by atoms with Crippen molar-refractivity contribution in [1.29, 1.82) is 0 Å². The Balaban J connectivity index is 2.62. The maximum atomic E-state index is 11.5. The van der Waals surface area contributed by atoms with E-state index in [1.54, 1.807) is 6.92 Å². The van der Waals surface area contributed by atoms with Gasteiger partial charge < -0.3 is 10.0 Å². The summed E-state index contributed by atoms with van der Waals surface area (Å²) in [5.41, 5.74) is -0.686. The van der Waals surface area contributed by atoms with Crippen LogP contribution in [0.1, 0.15) is 33.1 Å². The first-order valence-corrected chi connectivity index (χ1v) is 8.33.